The molecular formula is C20H28N4O2. The first-order valence-electron chi connectivity index (χ1n) is 9.25. The van der Waals surface area contributed by atoms with Crippen molar-refractivity contribution >= 4 is 11.6 Å². The number of hydrogen-bond donors (Lipinski definition) is 1. The van der Waals surface area contributed by atoms with Gasteiger partial charge in [-0.05, 0) is 50.3 Å². The molecule has 1 fully saturated rings. The number of hydrogen-bond acceptors (Lipinski definition) is 6. The van der Waals surface area contributed by atoms with E-state index < -0.39 is 0 Å². The smallest absolute Gasteiger partial charge is 0.160 e. The highest BCUT2D eigenvalue weighted by Crippen LogP contribution is 2.27. The summed E-state index contributed by atoms with van der Waals surface area (Å²) in [5.41, 5.74) is 1.19. The molecule has 1 aliphatic heterocycles. The van der Waals surface area contributed by atoms with Crippen LogP contribution in [-0.2, 0) is 6.42 Å². The lowest BCUT2D eigenvalue weighted by atomic mass is 10.1. The van der Waals surface area contributed by atoms with Gasteiger partial charge < -0.3 is 19.7 Å². The minimum Gasteiger partial charge on any atom is -0.493 e. The number of aromatic nitrogens is 2. The van der Waals surface area contributed by atoms with Crippen LogP contribution in [0.2, 0.25) is 0 Å². The van der Waals surface area contributed by atoms with E-state index in [1.807, 2.05) is 19.1 Å². The average molecular weight is 356 g/mol. The van der Waals surface area contributed by atoms with Crippen LogP contribution < -0.4 is 19.7 Å². The molecule has 1 saturated heterocycles. The van der Waals surface area contributed by atoms with Crippen LogP contribution >= 0.6 is 0 Å². The topological polar surface area (TPSA) is 59.5 Å². The molecule has 0 spiro atoms. The first-order valence-corrected chi connectivity index (χ1v) is 9.25. The third-order valence-corrected chi connectivity index (χ3v) is 4.67. The first-order chi connectivity index (χ1) is 12.7. The van der Waals surface area contributed by atoms with Crippen molar-refractivity contribution in [2.24, 2.45) is 0 Å². The number of nitrogens with one attached hydrogen (secondary N) is 1. The Balaban J connectivity index is 1.62. The second-order valence-corrected chi connectivity index (χ2v) is 6.57. The highest BCUT2D eigenvalue weighted by Gasteiger charge is 2.13. The van der Waals surface area contributed by atoms with Crippen molar-refractivity contribution < 1.29 is 9.47 Å². The summed E-state index contributed by atoms with van der Waals surface area (Å²) in [4.78, 5) is 11.5. The van der Waals surface area contributed by atoms with Gasteiger partial charge in [0.1, 0.15) is 17.5 Å². The number of ether oxygens (including phenoxy) is 2. The number of nitrogens with zero attached hydrogens (tertiary/aromatic N) is 3. The van der Waals surface area contributed by atoms with Crippen LogP contribution in [0.1, 0.15) is 30.7 Å². The van der Waals surface area contributed by atoms with Crippen LogP contribution in [0.3, 0.4) is 0 Å². The van der Waals surface area contributed by atoms with Gasteiger partial charge in [-0.15, -0.1) is 0 Å². The molecule has 0 atom stereocenters. The van der Waals surface area contributed by atoms with Gasteiger partial charge in [0.25, 0.3) is 0 Å². The lowest BCUT2D eigenvalue weighted by Crippen LogP contribution is -2.30. The summed E-state index contributed by atoms with van der Waals surface area (Å²) in [6.45, 7) is 4.92. The molecule has 2 aromatic rings. The van der Waals surface area contributed by atoms with Crippen molar-refractivity contribution in [3.8, 4) is 11.5 Å². The Labute approximate surface area is 155 Å². The highest BCUT2D eigenvalue weighted by molar-refractivity contribution is 5.50. The molecule has 1 aliphatic rings. The molecule has 3 rings (SSSR count). The molecule has 0 radical (unpaired) electrons. The van der Waals surface area contributed by atoms with Gasteiger partial charge in [0, 0.05) is 25.7 Å². The zero-order valence-electron chi connectivity index (χ0n) is 15.9. The molecule has 140 valence electrons. The second kappa shape index (κ2) is 8.74. The van der Waals surface area contributed by atoms with Gasteiger partial charge in [0.05, 0.1) is 14.2 Å². The fourth-order valence-electron chi connectivity index (χ4n) is 3.30. The Morgan fingerprint density at radius 1 is 1.00 bits per heavy atom. The number of piperidine rings is 1. The predicted molar refractivity (Wildman–Crippen MR) is 105 cm³/mol. The number of benzene rings is 1. The van der Waals surface area contributed by atoms with E-state index in [4.69, 9.17) is 9.47 Å². The summed E-state index contributed by atoms with van der Waals surface area (Å²) in [7, 11) is 3.31. The minimum absolute atomic E-state index is 0.752. The fourth-order valence-corrected chi connectivity index (χ4v) is 3.30. The monoisotopic (exact) mass is 356 g/mol. The minimum atomic E-state index is 0.752. The summed E-state index contributed by atoms with van der Waals surface area (Å²) >= 11 is 0. The van der Waals surface area contributed by atoms with Gasteiger partial charge in [0.2, 0.25) is 0 Å². The van der Waals surface area contributed by atoms with E-state index in [-0.39, 0.29) is 0 Å². The summed E-state index contributed by atoms with van der Waals surface area (Å²) in [6.07, 6.45) is 4.68. The summed E-state index contributed by atoms with van der Waals surface area (Å²) in [6, 6.07) is 8.09. The summed E-state index contributed by atoms with van der Waals surface area (Å²) in [5.74, 6) is 4.24. The maximum absolute atomic E-state index is 5.37. The Morgan fingerprint density at radius 3 is 2.50 bits per heavy atom. The maximum Gasteiger partial charge on any atom is 0.160 e. The van der Waals surface area contributed by atoms with E-state index in [1.165, 1.54) is 24.8 Å². The Kier molecular flexibility index (Phi) is 6.15. The lowest BCUT2D eigenvalue weighted by molar-refractivity contribution is 0.354. The molecule has 1 aromatic heterocycles. The number of anilines is 2. The normalized spacial score (nSPS) is 14.2. The van der Waals surface area contributed by atoms with Crippen LogP contribution in [-0.4, -0.2) is 43.8 Å². The van der Waals surface area contributed by atoms with Crippen molar-refractivity contribution in [3.05, 3.63) is 35.7 Å². The van der Waals surface area contributed by atoms with Crippen molar-refractivity contribution in [2.45, 2.75) is 32.6 Å². The number of rotatable bonds is 7. The predicted octanol–water partition coefficient (Wildman–Crippen LogP) is 3.45. The van der Waals surface area contributed by atoms with E-state index in [0.717, 1.165) is 55.0 Å². The SMILES string of the molecule is COc1ccc(CCNc2cc(N3CCCCC3)nc(C)n2)cc1OC. The quantitative estimate of drug-likeness (QED) is 0.820. The highest BCUT2D eigenvalue weighted by atomic mass is 16.5. The Bertz CT molecular complexity index is 730. The Morgan fingerprint density at radius 2 is 1.77 bits per heavy atom. The molecule has 2 heterocycles. The van der Waals surface area contributed by atoms with Crippen molar-refractivity contribution in [1.29, 1.82) is 0 Å². The molecule has 0 bridgehead atoms. The lowest BCUT2D eigenvalue weighted by Gasteiger charge is -2.28. The van der Waals surface area contributed by atoms with Crippen LogP contribution in [0.15, 0.2) is 24.3 Å². The van der Waals surface area contributed by atoms with E-state index in [2.05, 4.69) is 32.3 Å². The molecular weight excluding hydrogens is 328 g/mol. The summed E-state index contributed by atoms with van der Waals surface area (Å²) < 4.78 is 10.7. The zero-order valence-corrected chi connectivity index (χ0v) is 15.9. The van der Waals surface area contributed by atoms with Gasteiger partial charge in [-0.25, -0.2) is 9.97 Å². The van der Waals surface area contributed by atoms with E-state index in [9.17, 15) is 0 Å². The standard InChI is InChI=1S/C20H28N4O2/c1-15-22-19(14-20(23-15)24-11-5-4-6-12-24)21-10-9-16-7-8-17(25-2)18(13-16)26-3/h7-8,13-14H,4-6,9-12H2,1-3H3,(H,21,22,23). The summed E-state index contributed by atoms with van der Waals surface area (Å²) in [5, 5.41) is 3.43. The molecule has 0 unspecified atom stereocenters. The zero-order chi connectivity index (χ0) is 18.4. The molecule has 6 nitrogen and oxygen atoms in total. The van der Waals surface area contributed by atoms with Crippen molar-refractivity contribution in [2.75, 3.05) is 44.1 Å². The second-order valence-electron chi connectivity index (χ2n) is 6.57. The molecule has 0 saturated carbocycles. The molecule has 1 aromatic carbocycles. The van der Waals surface area contributed by atoms with Gasteiger partial charge >= 0.3 is 0 Å². The third kappa shape index (κ3) is 4.56. The number of methoxy groups -OCH3 is 2. The van der Waals surface area contributed by atoms with Crippen LogP contribution in [0.4, 0.5) is 11.6 Å². The van der Waals surface area contributed by atoms with Gasteiger partial charge in [-0.1, -0.05) is 6.07 Å². The maximum atomic E-state index is 5.37. The van der Waals surface area contributed by atoms with Crippen LogP contribution in [0.25, 0.3) is 0 Å². The van der Waals surface area contributed by atoms with Crippen LogP contribution in [0, 0.1) is 6.92 Å². The van der Waals surface area contributed by atoms with Gasteiger partial charge in [-0.3, -0.25) is 0 Å². The fraction of sp³-hybridized carbons (Fsp3) is 0.500. The first kappa shape index (κ1) is 18.3. The van der Waals surface area contributed by atoms with Gasteiger partial charge in [0.15, 0.2) is 11.5 Å². The molecule has 0 aliphatic carbocycles. The van der Waals surface area contributed by atoms with Crippen molar-refractivity contribution in [3.63, 3.8) is 0 Å². The van der Waals surface area contributed by atoms with E-state index in [0.29, 0.717) is 0 Å². The largest absolute Gasteiger partial charge is 0.493 e. The molecule has 26 heavy (non-hydrogen) atoms. The number of aryl methyl sites for hydroxylation is 1. The van der Waals surface area contributed by atoms with Crippen molar-refractivity contribution in [1.82, 2.24) is 9.97 Å². The molecule has 1 N–H and O–H groups in total. The molecule has 6 heteroatoms. The third-order valence-electron chi connectivity index (χ3n) is 4.67. The van der Waals surface area contributed by atoms with Gasteiger partial charge in [-0.2, -0.15) is 0 Å². The van der Waals surface area contributed by atoms with E-state index >= 15 is 0 Å². The average Bonchev–Trinajstić information content (AvgIpc) is 2.68. The van der Waals surface area contributed by atoms with Crippen LogP contribution in [0.5, 0.6) is 11.5 Å². The Hall–Kier alpha value is -2.50. The van der Waals surface area contributed by atoms with E-state index in [1.54, 1.807) is 14.2 Å². The molecule has 0 amide bonds.